The van der Waals surface area contributed by atoms with E-state index in [1.54, 1.807) is 56.7 Å². The van der Waals surface area contributed by atoms with Crippen LogP contribution in [0.25, 0.3) is 6.08 Å². The molecule has 0 atom stereocenters. The van der Waals surface area contributed by atoms with E-state index in [0.29, 0.717) is 17.2 Å². The molecule has 1 amide bonds. The minimum atomic E-state index is -0.604. The number of ether oxygens (including phenoxy) is 3. The third-order valence-electron chi connectivity index (χ3n) is 3.22. The van der Waals surface area contributed by atoms with E-state index in [0.717, 1.165) is 5.56 Å². The summed E-state index contributed by atoms with van der Waals surface area (Å²) in [4.78, 5) is 23.4. The first-order valence-electron chi connectivity index (χ1n) is 7.53. The zero-order valence-corrected chi connectivity index (χ0v) is 14.0. The summed E-state index contributed by atoms with van der Waals surface area (Å²) in [6, 6.07) is 14.0. The van der Waals surface area contributed by atoms with Gasteiger partial charge in [-0.05, 0) is 48.0 Å². The molecule has 6 heteroatoms. The lowest BCUT2D eigenvalue weighted by atomic mass is 10.2. The zero-order chi connectivity index (χ0) is 18.1. The van der Waals surface area contributed by atoms with Gasteiger partial charge in [0.1, 0.15) is 11.5 Å². The fraction of sp³-hybridized carbons (Fsp3) is 0.158. The molecule has 25 heavy (non-hydrogen) atoms. The lowest BCUT2D eigenvalue weighted by Crippen LogP contribution is -2.20. The van der Waals surface area contributed by atoms with Crippen LogP contribution in [0.3, 0.4) is 0 Å². The van der Waals surface area contributed by atoms with E-state index < -0.39 is 11.9 Å². The summed E-state index contributed by atoms with van der Waals surface area (Å²) in [6.45, 7) is -0.368. The Morgan fingerprint density at radius 2 is 1.72 bits per heavy atom. The summed E-state index contributed by atoms with van der Waals surface area (Å²) in [7, 11) is 3.13. The number of esters is 1. The van der Waals surface area contributed by atoms with E-state index in [4.69, 9.17) is 14.2 Å². The maximum absolute atomic E-state index is 11.8. The molecule has 0 aromatic heterocycles. The summed E-state index contributed by atoms with van der Waals surface area (Å²) >= 11 is 0. The van der Waals surface area contributed by atoms with Crippen molar-refractivity contribution in [3.8, 4) is 11.5 Å². The number of carbonyl (C=O) groups is 2. The fourth-order valence-electron chi connectivity index (χ4n) is 1.97. The molecule has 0 aliphatic carbocycles. The summed E-state index contributed by atoms with van der Waals surface area (Å²) in [6.07, 6.45) is 2.85. The second kappa shape index (κ2) is 9.12. The molecule has 130 valence electrons. The minimum Gasteiger partial charge on any atom is -0.497 e. The van der Waals surface area contributed by atoms with Gasteiger partial charge in [0.25, 0.3) is 5.91 Å². The van der Waals surface area contributed by atoms with Gasteiger partial charge in [-0.1, -0.05) is 12.1 Å². The number of benzene rings is 2. The first-order chi connectivity index (χ1) is 12.1. The highest BCUT2D eigenvalue weighted by atomic mass is 16.5. The van der Waals surface area contributed by atoms with Crippen LogP contribution in [0, 0.1) is 0 Å². The van der Waals surface area contributed by atoms with Crippen molar-refractivity contribution in [1.29, 1.82) is 0 Å². The molecule has 1 N–H and O–H groups in total. The number of carbonyl (C=O) groups excluding carboxylic acids is 2. The summed E-state index contributed by atoms with van der Waals surface area (Å²) in [5.41, 5.74) is 1.38. The first kappa shape index (κ1) is 18.1. The van der Waals surface area contributed by atoms with Crippen molar-refractivity contribution < 1.29 is 23.8 Å². The van der Waals surface area contributed by atoms with Crippen molar-refractivity contribution in [3.05, 3.63) is 60.2 Å². The molecule has 0 aliphatic rings. The van der Waals surface area contributed by atoms with Gasteiger partial charge in [-0.25, -0.2) is 4.79 Å². The molecular formula is C19H19NO5. The smallest absolute Gasteiger partial charge is 0.331 e. The molecule has 0 fully saturated rings. The Hall–Kier alpha value is -3.28. The molecular weight excluding hydrogens is 322 g/mol. The predicted octanol–water partition coefficient (Wildman–Crippen LogP) is 2.90. The van der Waals surface area contributed by atoms with Crippen LogP contribution in [0.2, 0.25) is 0 Å². The number of amides is 1. The third-order valence-corrected chi connectivity index (χ3v) is 3.22. The predicted molar refractivity (Wildman–Crippen MR) is 94.6 cm³/mol. The number of hydrogen-bond acceptors (Lipinski definition) is 5. The molecule has 0 saturated heterocycles. The Balaban J connectivity index is 1.80. The molecule has 0 spiro atoms. The zero-order valence-electron chi connectivity index (χ0n) is 14.0. The van der Waals surface area contributed by atoms with Crippen molar-refractivity contribution in [2.75, 3.05) is 26.1 Å². The van der Waals surface area contributed by atoms with Gasteiger partial charge in [-0.15, -0.1) is 0 Å². The molecule has 0 unspecified atom stereocenters. The van der Waals surface area contributed by atoms with Gasteiger partial charge in [-0.2, -0.15) is 0 Å². The second-order valence-corrected chi connectivity index (χ2v) is 4.99. The van der Waals surface area contributed by atoms with Gasteiger partial charge < -0.3 is 19.5 Å². The average Bonchev–Trinajstić information content (AvgIpc) is 2.65. The van der Waals surface area contributed by atoms with Gasteiger partial charge in [0.05, 0.1) is 14.2 Å². The number of nitrogens with one attached hydrogen (secondary N) is 1. The van der Waals surface area contributed by atoms with Gasteiger partial charge >= 0.3 is 5.97 Å². The molecule has 2 aromatic carbocycles. The van der Waals surface area contributed by atoms with E-state index in [-0.39, 0.29) is 6.61 Å². The monoisotopic (exact) mass is 341 g/mol. The van der Waals surface area contributed by atoms with Crippen LogP contribution < -0.4 is 14.8 Å². The third kappa shape index (κ3) is 6.02. The van der Waals surface area contributed by atoms with Crippen molar-refractivity contribution in [2.45, 2.75) is 0 Å². The normalized spacial score (nSPS) is 10.3. The Labute approximate surface area is 146 Å². The van der Waals surface area contributed by atoms with Crippen LogP contribution in [-0.4, -0.2) is 32.7 Å². The van der Waals surface area contributed by atoms with E-state index in [2.05, 4.69) is 5.32 Å². The van der Waals surface area contributed by atoms with Crippen molar-refractivity contribution in [3.63, 3.8) is 0 Å². The SMILES string of the molecule is COc1ccc(NC(=O)COC(=O)C=Cc2cccc(OC)c2)cc1. The van der Waals surface area contributed by atoms with Crippen LogP contribution in [0.15, 0.2) is 54.6 Å². The van der Waals surface area contributed by atoms with E-state index >= 15 is 0 Å². The molecule has 2 rings (SSSR count). The molecule has 0 saturated carbocycles. The highest BCUT2D eigenvalue weighted by Crippen LogP contribution is 2.15. The van der Waals surface area contributed by atoms with Crippen molar-refractivity contribution in [1.82, 2.24) is 0 Å². The highest BCUT2D eigenvalue weighted by Gasteiger charge is 2.06. The molecule has 0 aliphatic heterocycles. The maximum Gasteiger partial charge on any atom is 0.331 e. The quantitative estimate of drug-likeness (QED) is 0.619. The standard InChI is InChI=1S/C19H19NO5/c1-23-16-9-7-15(8-10-16)20-18(21)13-25-19(22)11-6-14-4-3-5-17(12-14)24-2/h3-12H,13H2,1-2H3,(H,20,21). The van der Waals surface area contributed by atoms with E-state index in [1.165, 1.54) is 6.08 Å². The summed E-state index contributed by atoms with van der Waals surface area (Å²) < 4.78 is 15.0. The lowest BCUT2D eigenvalue weighted by Gasteiger charge is -2.06. The average molecular weight is 341 g/mol. The molecule has 0 heterocycles. The Kier molecular flexibility index (Phi) is 6.59. The van der Waals surface area contributed by atoms with Gasteiger partial charge in [-0.3, -0.25) is 4.79 Å². The van der Waals surface area contributed by atoms with Crippen molar-refractivity contribution >= 4 is 23.6 Å². The first-order valence-corrected chi connectivity index (χ1v) is 7.53. The summed E-state index contributed by atoms with van der Waals surface area (Å²) in [5.74, 6) is 0.350. The summed E-state index contributed by atoms with van der Waals surface area (Å²) in [5, 5.41) is 2.63. The number of hydrogen-bond donors (Lipinski definition) is 1. The topological polar surface area (TPSA) is 73.9 Å². The van der Waals surface area contributed by atoms with Crippen LogP contribution in [-0.2, 0) is 14.3 Å². The molecule has 0 bridgehead atoms. The molecule has 2 aromatic rings. The number of methoxy groups -OCH3 is 2. The Morgan fingerprint density at radius 1 is 1.00 bits per heavy atom. The molecule has 6 nitrogen and oxygen atoms in total. The van der Waals surface area contributed by atoms with Crippen LogP contribution in [0.5, 0.6) is 11.5 Å². The maximum atomic E-state index is 11.8. The largest absolute Gasteiger partial charge is 0.497 e. The van der Waals surface area contributed by atoms with Gasteiger partial charge in [0.15, 0.2) is 6.61 Å². The Morgan fingerprint density at radius 3 is 2.40 bits per heavy atom. The van der Waals surface area contributed by atoms with Crippen molar-refractivity contribution in [2.24, 2.45) is 0 Å². The lowest BCUT2D eigenvalue weighted by molar-refractivity contribution is -0.142. The van der Waals surface area contributed by atoms with Crippen LogP contribution >= 0.6 is 0 Å². The van der Waals surface area contributed by atoms with E-state index in [1.807, 2.05) is 12.1 Å². The Bertz CT molecular complexity index is 753. The fourth-order valence-corrected chi connectivity index (χ4v) is 1.97. The van der Waals surface area contributed by atoms with Crippen LogP contribution in [0.4, 0.5) is 5.69 Å². The van der Waals surface area contributed by atoms with Gasteiger partial charge in [0.2, 0.25) is 0 Å². The van der Waals surface area contributed by atoms with Gasteiger partial charge in [0, 0.05) is 11.8 Å². The van der Waals surface area contributed by atoms with Crippen LogP contribution in [0.1, 0.15) is 5.56 Å². The number of anilines is 1. The highest BCUT2D eigenvalue weighted by molar-refractivity contribution is 5.94. The van der Waals surface area contributed by atoms with E-state index in [9.17, 15) is 9.59 Å². The number of rotatable bonds is 7. The second-order valence-electron chi connectivity index (χ2n) is 4.99. The minimum absolute atomic E-state index is 0.368. The molecule has 0 radical (unpaired) electrons.